The number of carbonyl (C=O) groups excluding carboxylic acids is 2. The molecule has 0 saturated carbocycles. The normalized spacial score (nSPS) is 17.6. The molecule has 2 heterocycles. The number of thiocarbonyl (C=S) groups is 1. The number of aryl methyl sites for hydroxylation is 1. The van der Waals surface area contributed by atoms with Crippen molar-refractivity contribution in [1.82, 2.24) is 5.32 Å². The molecule has 2 aromatic carbocycles. The van der Waals surface area contributed by atoms with E-state index in [9.17, 15) is 9.59 Å². The Labute approximate surface area is 191 Å². The standard InChI is InChI=1S/C24H24N2O3S2/c1-14-7-16(9-17(8-14)24(2,3)4)12-26-18-10-15(5-6-19(18)29-13-21(26)27)11-20-22(28)25-23(30)31-20/h5-11H,12-13H2,1-4H3,(H,25,28,30). The van der Waals surface area contributed by atoms with Crippen LogP contribution in [0.5, 0.6) is 5.75 Å². The molecule has 160 valence electrons. The number of benzene rings is 2. The second kappa shape index (κ2) is 8.13. The van der Waals surface area contributed by atoms with Gasteiger partial charge in [0.05, 0.1) is 17.1 Å². The Morgan fingerprint density at radius 3 is 2.65 bits per heavy atom. The number of amides is 2. The third-order valence-corrected chi connectivity index (χ3v) is 6.37. The maximum absolute atomic E-state index is 12.8. The molecule has 0 bridgehead atoms. The first-order valence-electron chi connectivity index (χ1n) is 10.0. The minimum atomic E-state index is -0.202. The fourth-order valence-electron chi connectivity index (χ4n) is 3.62. The molecule has 2 aliphatic rings. The van der Waals surface area contributed by atoms with Gasteiger partial charge < -0.3 is 15.0 Å². The molecule has 0 atom stereocenters. The Hall–Kier alpha value is -2.64. The van der Waals surface area contributed by atoms with E-state index in [0.717, 1.165) is 11.1 Å². The second-order valence-electron chi connectivity index (χ2n) is 8.81. The summed E-state index contributed by atoms with van der Waals surface area (Å²) in [6.07, 6.45) is 1.78. The molecule has 7 heteroatoms. The van der Waals surface area contributed by atoms with E-state index in [1.807, 2.05) is 18.2 Å². The van der Waals surface area contributed by atoms with Crippen molar-refractivity contribution >= 4 is 51.9 Å². The van der Waals surface area contributed by atoms with Gasteiger partial charge in [-0.2, -0.15) is 0 Å². The first-order valence-corrected chi connectivity index (χ1v) is 11.3. The molecule has 2 amide bonds. The largest absolute Gasteiger partial charge is 0.482 e. The SMILES string of the molecule is Cc1cc(CN2C(=O)COc3ccc(C=C4SC(=S)NC4=O)cc32)cc(C(C)(C)C)c1. The van der Waals surface area contributed by atoms with Crippen molar-refractivity contribution in [2.45, 2.75) is 39.7 Å². The highest BCUT2D eigenvalue weighted by Gasteiger charge is 2.27. The molecule has 2 aromatic rings. The molecule has 0 spiro atoms. The molecule has 5 nitrogen and oxygen atoms in total. The highest BCUT2D eigenvalue weighted by Crippen LogP contribution is 2.36. The predicted octanol–water partition coefficient (Wildman–Crippen LogP) is 4.71. The highest BCUT2D eigenvalue weighted by molar-refractivity contribution is 8.26. The number of hydrogen-bond donors (Lipinski definition) is 1. The van der Waals surface area contributed by atoms with Gasteiger partial charge in [0.15, 0.2) is 6.61 Å². The van der Waals surface area contributed by atoms with E-state index >= 15 is 0 Å². The monoisotopic (exact) mass is 452 g/mol. The summed E-state index contributed by atoms with van der Waals surface area (Å²) in [6.45, 7) is 9.10. The Kier molecular flexibility index (Phi) is 5.66. The number of ether oxygens (including phenoxy) is 1. The van der Waals surface area contributed by atoms with Gasteiger partial charge in [0.25, 0.3) is 11.8 Å². The number of carbonyl (C=O) groups is 2. The third-order valence-electron chi connectivity index (χ3n) is 5.21. The first kappa shape index (κ1) is 21.6. The van der Waals surface area contributed by atoms with Crippen LogP contribution in [0.15, 0.2) is 41.3 Å². The van der Waals surface area contributed by atoms with Crippen molar-refractivity contribution in [3.63, 3.8) is 0 Å². The number of nitrogens with zero attached hydrogens (tertiary/aromatic N) is 1. The van der Waals surface area contributed by atoms with Gasteiger partial charge in [-0.15, -0.1) is 0 Å². The fourth-order valence-corrected chi connectivity index (χ4v) is 4.67. The van der Waals surface area contributed by atoms with Crippen molar-refractivity contribution in [2.24, 2.45) is 0 Å². The maximum Gasteiger partial charge on any atom is 0.265 e. The van der Waals surface area contributed by atoms with Crippen LogP contribution in [-0.2, 0) is 21.5 Å². The lowest BCUT2D eigenvalue weighted by atomic mass is 9.85. The zero-order valence-electron chi connectivity index (χ0n) is 17.9. The quantitative estimate of drug-likeness (QED) is 0.540. The van der Waals surface area contributed by atoms with Crippen LogP contribution in [0, 0.1) is 6.92 Å². The Bertz CT molecular complexity index is 1130. The van der Waals surface area contributed by atoms with Gasteiger partial charge in [0, 0.05) is 0 Å². The summed E-state index contributed by atoms with van der Waals surface area (Å²) in [6, 6.07) is 12.1. The van der Waals surface area contributed by atoms with Gasteiger partial charge in [-0.1, -0.05) is 74.6 Å². The molecule has 4 rings (SSSR count). The zero-order valence-corrected chi connectivity index (χ0v) is 19.6. The molecule has 1 fully saturated rings. The van der Waals surface area contributed by atoms with Crippen LogP contribution in [0.4, 0.5) is 5.69 Å². The van der Waals surface area contributed by atoms with Crippen molar-refractivity contribution in [3.8, 4) is 5.75 Å². The molecule has 1 saturated heterocycles. The van der Waals surface area contributed by atoms with Crippen molar-refractivity contribution in [1.29, 1.82) is 0 Å². The fraction of sp³-hybridized carbons (Fsp3) is 0.292. The predicted molar refractivity (Wildman–Crippen MR) is 129 cm³/mol. The molecule has 0 unspecified atom stereocenters. The number of fused-ring (bicyclic) bond motifs is 1. The number of nitrogens with one attached hydrogen (secondary N) is 1. The number of rotatable bonds is 3. The minimum Gasteiger partial charge on any atom is -0.482 e. The maximum atomic E-state index is 12.8. The van der Waals surface area contributed by atoms with E-state index in [1.165, 1.54) is 22.9 Å². The summed E-state index contributed by atoms with van der Waals surface area (Å²) in [5.41, 5.74) is 5.02. The van der Waals surface area contributed by atoms with Crippen LogP contribution < -0.4 is 15.0 Å². The van der Waals surface area contributed by atoms with Gasteiger partial charge >= 0.3 is 0 Å². The molecule has 1 N–H and O–H groups in total. The minimum absolute atomic E-state index is 0.0118. The van der Waals surface area contributed by atoms with E-state index in [1.54, 1.807) is 11.0 Å². The highest BCUT2D eigenvalue weighted by atomic mass is 32.2. The van der Waals surface area contributed by atoms with E-state index in [-0.39, 0.29) is 23.8 Å². The lowest BCUT2D eigenvalue weighted by Crippen LogP contribution is -2.38. The molecule has 31 heavy (non-hydrogen) atoms. The van der Waals surface area contributed by atoms with Gasteiger partial charge in [-0.3, -0.25) is 9.59 Å². The van der Waals surface area contributed by atoms with Crippen molar-refractivity contribution in [3.05, 3.63) is 63.6 Å². The Morgan fingerprint density at radius 1 is 1.19 bits per heavy atom. The van der Waals surface area contributed by atoms with Crippen LogP contribution in [0.2, 0.25) is 0 Å². The van der Waals surface area contributed by atoms with Crippen LogP contribution in [0.3, 0.4) is 0 Å². The average Bonchev–Trinajstić information content (AvgIpc) is 3.00. The summed E-state index contributed by atoms with van der Waals surface area (Å²) in [5, 5.41) is 2.62. The molecular formula is C24H24N2O3S2. The summed E-state index contributed by atoms with van der Waals surface area (Å²) in [4.78, 5) is 27.1. The van der Waals surface area contributed by atoms with Crippen molar-refractivity contribution < 1.29 is 14.3 Å². The van der Waals surface area contributed by atoms with Crippen LogP contribution >= 0.6 is 24.0 Å². The molecule has 0 radical (unpaired) electrons. The Balaban J connectivity index is 1.69. The average molecular weight is 453 g/mol. The van der Waals surface area contributed by atoms with Gasteiger partial charge in [-0.05, 0) is 47.2 Å². The Morgan fingerprint density at radius 2 is 1.97 bits per heavy atom. The summed E-state index contributed by atoms with van der Waals surface area (Å²) >= 11 is 6.29. The molecule has 0 aromatic heterocycles. The zero-order chi connectivity index (χ0) is 22.3. The molecular weight excluding hydrogens is 428 g/mol. The third kappa shape index (κ3) is 4.67. The van der Waals surface area contributed by atoms with Gasteiger partial charge in [-0.25, -0.2) is 0 Å². The van der Waals surface area contributed by atoms with E-state index in [0.29, 0.717) is 27.2 Å². The van der Waals surface area contributed by atoms with Crippen LogP contribution in [0.25, 0.3) is 6.08 Å². The lowest BCUT2D eigenvalue weighted by Gasteiger charge is -2.30. The second-order valence-corrected chi connectivity index (χ2v) is 10.5. The number of anilines is 1. The number of hydrogen-bond acceptors (Lipinski definition) is 5. The summed E-state index contributed by atoms with van der Waals surface area (Å²) < 4.78 is 6.10. The van der Waals surface area contributed by atoms with E-state index < -0.39 is 0 Å². The smallest absolute Gasteiger partial charge is 0.265 e. The number of thioether (sulfide) groups is 1. The van der Waals surface area contributed by atoms with Crippen LogP contribution in [0.1, 0.15) is 43.0 Å². The molecule has 0 aliphatic carbocycles. The summed E-state index contributed by atoms with van der Waals surface area (Å²) in [7, 11) is 0. The lowest BCUT2D eigenvalue weighted by molar-refractivity contribution is -0.121. The van der Waals surface area contributed by atoms with E-state index in [2.05, 4.69) is 51.2 Å². The summed E-state index contributed by atoms with van der Waals surface area (Å²) in [5.74, 6) is 0.362. The van der Waals surface area contributed by atoms with Crippen LogP contribution in [-0.4, -0.2) is 22.7 Å². The van der Waals surface area contributed by atoms with Crippen molar-refractivity contribution in [2.75, 3.05) is 11.5 Å². The molecule has 2 aliphatic heterocycles. The first-order chi connectivity index (χ1) is 14.6. The topological polar surface area (TPSA) is 58.6 Å². The van der Waals surface area contributed by atoms with Gasteiger partial charge in [0.2, 0.25) is 0 Å². The van der Waals surface area contributed by atoms with Gasteiger partial charge in [0.1, 0.15) is 10.1 Å². The van der Waals surface area contributed by atoms with E-state index in [4.69, 9.17) is 17.0 Å².